The summed E-state index contributed by atoms with van der Waals surface area (Å²) in [4.78, 5) is 13.8. The summed E-state index contributed by atoms with van der Waals surface area (Å²) in [6, 6.07) is 4.63. The number of aromatic hydroxyl groups is 1. The lowest BCUT2D eigenvalue weighted by atomic mass is 10.1. The van der Waals surface area contributed by atoms with E-state index in [0.29, 0.717) is 18.8 Å². The van der Waals surface area contributed by atoms with Crippen LogP contribution in [0.1, 0.15) is 16.8 Å². The van der Waals surface area contributed by atoms with E-state index >= 15 is 0 Å². The SMILES string of the molecule is COc1ccc(C(=O)N2CCC(CO)C2)c(O)c1. The molecule has 18 heavy (non-hydrogen) atoms. The third-order valence-corrected chi connectivity index (χ3v) is 3.27. The van der Waals surface area contributed by atoms with Crippen molar-refractivity contribution in [2.45, 2.75) is 6.42 Å². The first-order valence-corrected chi connectivity index (χ1v) is 5.93. The number of likely N-dealkylation sites (tertiary alicyclic amines) is 1. The average molecular weight is 251 g/mol. The van der Waals surface area contributed by atoms with E-state index in [4.69, 9.17) is 9.84 Å². The van der Waals surface area contributed by atoms with Crippen molar-refractivity contribution >= 4 is 5.91 Å². The summed E-state index contributed by atoms with van der Waals surface area (Å²) < 4.78 is 4.97. The number of hydrogen-bond acceptors (Lipinski definition) is 4. The van der Waals surface area contributed by atoms with Crippen LogP contribution in [0.4, 0.5) is 0 Å². The quantitative estimate of drug-likeness (QED) is 0.835. The molecule has 1 atom stereocenters. The molecule has 1 aliphatic rings. The summed E-state index contributed by atoms with van der Waals surface area (Å²) in [6.07, 6.45) is 0.805. The largest absolute Gasteiger partial charge is 0.507 e. The van der Waals surface area contributed by atoms with Crippen molar-refractivity contribution in [1.29, 1.82) is 0 Å². The zero-order valence-electron chi connectivity index (χ0n) is 10.3. The number of aliphatic hydroxyl groups excluding tert-OH is 1. The molecule has 0 radical (unpaired) electrons. The van der Waals surface area contributed by atoms with Crippen molar-refractivity contribution in [2.75, 3.05) is 26.8 Å². The van der Waals surface area contributed by atoms with Gasteiger partial charge in [0.15, 0.2) is 0 Å². The van der Waals surface area contributed by atoms with Crippen molar-refractivity contribution in [3.63, 3.8) is 0 Å². The Morgan fingerprint density at radius 2 is 2.33 bits per heavy atom. The second kappa shape index (κ2) is 5.27. The van der Waals surface area contributed by atoms with Crippen LogP contribution in [0.25, 0.3) is 0 Å². The summed E-state index contributed by atoms with van der Waals surface area (Å²) in [5.74, 6) is 0.381. The molecule has 0 saturated carbocycles. The molecule has 5 nitrogen and oxygen atoms in total. The second-order valence-electron chi connectivity index (χ2n) is 4.47. The molecule has 1 unspecified atom stereocenters. The highest BCUT2D eigenvalue weighted by Gasteiger charge is 2.27. The van der Waals surface area contributed by atoms with Crippen LogP contribution in [0, 0.1) is 5.92 Å². The summed E-state index contributed by atoms with van der Waals surface area (Å²) in [5, 5.41) is 18.9. The second-order valence-corrected chi connectivity index (χ2v) is 4.47. The monoisotopic (exact) mass is 251 g/mol. The van der Waals surface area contributed by atoms with Gasteiger partial charge in [0.25, 0.3) is 5.91 Å². The normalized spacial score (nSPS) is 19.0. The highest BCUT2D eigenvalue weighted by Crippen LogP contribution is 2.26. The number of nitrogens with zero attached hydrogens (tertiary/aromatic N) is 1. The molecule has 1 fully saturated rings. The molecule has 1 amide bonds. The molecule has 2 rings (SSSR count). The number of methoxy groups -OCH3 is 1. The Balaban J connectivity index is 2.14. The number of phenols is 1. The van der Waals surface area contributed by atoms with Gasteiger partial charge < -0.3 is 19.8 Å². The van der Waals surface area contributed by atoms with E-state index in [1.165, 1.54) is 13.2 Å². The van der Waals surface area contributed by atoms with Crippen molar-refractivity contribution in [3.05, 3.63) is 23.8 Å². The van der Waals surface area contributed by atoms with Crippen LogP contribution < -0.4 is 4.74 Å². The van der Waals surface area contributed by atoms with Gasteiger partial charge in [0.2, 0.25) is 0 Å². The maximum absolute atomic E-state index is 12.2. The lowest BCUT2D eigenvalue weighted by Crippen LogP contribution is -2.29. The molecule has 98 valence electrons. The molecular formula is C13H17NO4. The lowest BCUT2D eigenvalue weighted by Gasteiger charge is -2.17. The Kier molecular flexibility index (Phi) is 3.72. The maximum atomic E-state index is 12.2. The van der Waals surface area contributed by atoms with Gasteiger partial charge in [0.05, 0.1) is 12.7 Å². The Morgan fingerprint density at radius 1 is 1.56 bits per heavy atom. The van der Waals surface area contributed by atoms with Gasteiger partial charge in [0.1, 0.15) is 11.5 Å². The topological polar surface area (TPSA) is 70.0 Å². The van der Waals surface area contributed by atoms with E-state index in [-0.39, 0.29) is 29.7 Å². The molecule has 1 aromatic carbocycles. The van der Waals surface area contributed by atoms with Crippen molar-refractivity contribution in [1.82, 2.24) is 4.90 Å². The number of aliphatic hydroxyl groups is 1. The molecule has 1 heterocycles. The summed E-state index contributed by atoms with van der Waals surface area (Å²) in [5.41, 5.74) is 0.273. The standard InChI is InChI=1S/C13H17NO4/c1-18-10-2-3-11(12(16)6-10)13(17)14-5-4-9(7-14)8-15/h2-3,6,9,15-16H,4-5,7-8H2,1H3. The third-order valence-electron chi connectivity index (χ3n) is 3.27. The number of carbonyl (C=O) groups excluding carboxylic acids is 1. The molecule has 1 saturated heterocycles. The van der Waals surface area contributed by atoms with Crippen molar-refractivity contribution in [2.24, 2.45) is 5.92 Å². The van der Waals surface area contributed by atoms with E-state index in [0.717, 1.165) is 6.42 Å². The molecule has 0 aliphatic carbocycles. The Hall–Kier alpha value is -1.75. The highest BCUT2D eigenvalue weighted by molar-refractivity contribution is 5.97. The van der Waals surface area contributed by atoms with Gasteiger partial charge in [-0.3, -0.25) is 4.79 Å². The van der Waals surface area contributed by atoms with Gasteiger partial charge in [-0.2, -0.15) is 0 Å². The Labute approximate surface area is 106 Å². The number of ether oxygens (including phenoxy) is 1. The molecule has 1 aromatic rings. The number of hydrogen-bond donors (Lipinski definition) is 2. The molecular weight excluding hydrogens is 234 g/mol. The van der Waals surface area contributed by atoms with Gasteiger partial charge in [0, 0.05) is 31.7 Å². The van der Waals surface area contributed by atoms with Crippen molar-refractivity contribution < 1.29 is 19.7 Å². The summed E-state index contributed by atoms with van der Waals surface area (Å²) in [7, 11) is 1.50. The van der Waals surface area contributed by atoms with Gasteiger partial charge in [-0.15, -0.1) is 0 Å². The summed E-state index contributed by atoms with van der Waals surface area (Å²) >= 11 is 0. The lowest BCUT2D eigenvalue weighted by molar-refractivity contribution is 0.0779. The van der Waals surface area contributed by atoms with E-state index in [9.17, 15) is 9.90 Å². The van der Waals surface area contributed by atoms with E-state index in [1.54, 1.807) is 17.0 Å². The van der Waals surface area contributed by atoms with Crippen LogP contribution in [0.2, 0.25) is 0 Å². The number of amides is 1. The molecule has 2 N–H and O–H groups in total. The van der Waals surface area contributed by atoms with Crippen LogP contribution >= 0.6 is 0 Å². The minimum atomic E-state index is -0.203. The molecule has 1 aliphatic heterocycles. The number of rotatable bonds is 3. The predicted octanol–water partition coefficient (Wildman–Crippen LogP) is 0.855. The van der Waals surface area contributed by atoms with Crippen molar-refractivity contribution in [3.8, 4) is 11.5 Å². The van der Waals surface area contributed by atoms with Gasteiger partial charge >= 0.3 is 0 Å². The number of carbonyl (C=O) groups is 1. The first kappa shape index (κ1) is 12.7. The highest BCUT2D eigenvalue weighted by atomic mass is 16.5. The smallest absolute Gasteiger partial charge is 0.257 e. The number of phenolic OH excluding ortho intramolecular Hbond substituents is 1. The van der Waals surface area contributed by atoms with Gasteiger partial charge in [-0.05, 0) is 18.6 Å². The van der Waals surface area contributed by atoms with Gasteiger partial charge in [-0.1, -0.05) is 0 Å². The van der Waals surface area contributed by atoms with Crippen LogP contribution in [0.15, 0.2) is 18.2 Å². The fraction of sp³-hybridized carbons (Fsp3) is 0.462. The minimum Gasteiger partial charge on any atom is -0.507 e. The predicted molar refractivity (Wildman–Crippen MR) is 65.8 cm³/mol. The first-order valence-electron chi connectivity index (χ1n) is 5.93. The first-order chi connectivity index (χ1) is 8.65. The third kappa shape index (κ3) is 2.41. The summed E-state index contributed by atoms with van der Waals surface area (Å²) in [6.45, 7) is 1.26. The van der Waals surface area contributed by atoms with Gasteiger partial charge in [-0.25, -0.2) is 0 Å². The fourth-order valence-electron chi connectivity index (χ4n) is 2.16. The van der Waals surface area contributed by atoms with E-state index in [2.05, 4.69) is 0 Å². The van der Waals surface area contributed by atoms with Crippen LogP contribution in [-0.4, -0.2) is 47.8 Å². The Morgan fingerprint density at radius 3 is 2.89 bits per heavy atom. The van der Waals surface area contributed by atoms with Crippen LogP contribution in [0.5, 0.6) is 11.5 Å². The average Bonchev–Trinajstić information content (AvgIpc) is 2.86. The molecule has 0 bridgehead atoms. The minimum absolute atomic E-state index is 0.0770. The molecule has 0 aromatic heterocycles. The Bertz CT molecular complexity index is 447. The molecule has 0 spiro atoms. The zero-order chi connectivity index (χ0) is 13.1. The van der Waals surface area contributed by atoms with E-state index < -0.39 is 0 Å². The zero-order valence-corrected chi connectivity index (χ0v) is 10.3. The fourth-order valence-corrected chi connectivity index (χ4v) is 2.16. The van der Waals surface area contributed by atoms with Crippen LogP contribution in [0.3, 0.4) is 0 Å². The molecule has 5 heteroatoms. The maximum Gasteiger partial charge on any atom is 0.257 e. The number of benzene rings is 1. The van der Waals surface area contributed by atoms with E-state index in [1.807, 2.05) is 0 Å². The van der Waals surface area contributed by atoms with Crippen LogP contribution in [-0.2, 0) is 0 Å².